The zero-order valence-corrected chi connectivity index (χ0v) is 12.8. The number of aryl methyl sites for hydroxylation is 1. The molecule has 0 radical (unpaired) electrons. The smallest absolute Gasteiger partial charge is 0.242 e. The summed E-state index contributed by atoms with van der Waals surface area (Å²) in [7, 11) is 0. The third-order valence-electron chi connectivity index (χ3n) is 3.83. The summed E-state index contributed by atoms with van der Waals surface area (Å²) in [6.45, 7) is 3.29. The van der Waals surface area contributed by atoms with E-state index >= 15 is 0 Å². The largest absolute Gasteiger partial charge is 0.340 e. The standard InChI is InChI=1S/C13H18N4O3S/c1-9-14-13(15-20-9)10-3-2-4-16(5-10)11(18)6-17-8-21-7-12(17)19/h10H,2-8H2,1H3/t10-/m0/s1. The van der Waals surface area contributed by atoms with Crippen LogP contribution in [0.1, 0.15) is 30.5 Å². The monoisotopic (exact) mass is 310 g/mol. The maximum absolute atomic E-state index is 12.3. The van der Waals surface area contributed by atoms with Crippen molar-refractivity contribution >= 4 is 23.6 Å². The van der Waals surface area contributed by atoms with Gasteiger partial charge in [-0.1, -0.05) is 5.16 Å². The summed E-state index contributed by atoms with van der Waals surface area (Å²) >= 11 is 1.55. The van der Waals surface area contributed by atoms with Crippen molar-refractivity contribution in [1.82, 2.24) is 19.9 Å². The van der Waals surface area contributed by atoms with Gasteiger partial charge in [-0.3, -0.25) is 9.59 Å². The predicted molar refractivity (Wildman–Crippen MR) is 76.6 cm³/mol. The Hall–Kier alpha value is -1.57. The Labute approximate surface area is 127 Å². The average molecular weight is 310 g/mol. The molecule has 0 aromatic carbocycles. The van der Waals surface area contributed by atoms with Crippen LogP contribution in [0.2, 0.25) is 0 Å². The van der Waals surface area contributed by atoms with Gasteiger partial charge in [-0.2, -0.15) is 4.98 Å². The molecule has 2 saturated heterocycles. The molecule has 7 nitrogen and oxygen atoms in total. The first-order chi connectivity index (χ1) is 10.1. The van der Waals surface area contributed by atoms with Crippen molar-refractivity contribution in [2.75, 3.05) is 31.3 Å². The van der Waals surface area contributed by atoms with E-state index in [-0.39, 0.29) is 24.3 Å². The van der Waals surface area contributed by atoms with Crippen LogP contribution in [0.25, 0.3) is 0 Å². The van der Waals surface area contributed by atoms with Crippen LogP contribution < -0.4 is 0 Å². The number of hydrogen-bond acceptors (Lipinski definition) is 6. The van der Waals surface area contributed by atoms with Crippen LogP contribution in [0.4, 0.5) is 0 Å². The van der Waals surface area contributed by atoms with Crippen molar-refractivity contribution in [3.05, 3.63) is 11.7 Å². The van der Waals surface area contributed by atoms with Crippen molar-refractivity contribution in [2.24, 2.45) is 0 Å². The van der Waals surface area contributed by atoms with E-state index in [4.69, 9.17) is 4.52 Å². The highest BCUT2D eigenvalue weighted by atomic mass is 32.2. The second kappa shape index (κ2) is 6.05. The highest BCUT2D eigenvalue weighted by molar-refractivity contribution is 8.00. The second-order valence-electron chi connectivity index (χ2n) is 5.42. The fourth-order valence-electron chi connectivity index (χ4n) is 2.70. The Morgan fingerprint density at radius 1 is 1.52 bits per heavy atom. The third-order valence-corrected chi connectivity index (χ3v) is 4.78. The molecule has 0 bridgehead atoms. The summed E-state index contributed by atoms with van der Waals surface area (Å²) in [5.41, 5.74) is 0. The summed E-state index contributed by atoms with van der Waals surface area (Å²) in [4.78, 5) is 31.6. The van der Waals surface area contributed by atoms with Gasteiger partial charge >= 0.3 is 0 Å². The minimum absolute atomic E-state index is 0.00997. The summed E-state index contributed by atoms with van der Waals surface area (Å²) in [6.07, 6.45) is 1.88. The van der Waals surface area contributed by atoms with E-state index in [9.17, 15) is 9.59 Å². The maximum atomic E-state index is 12.3. The molecular formula is C13H18N4O3S. The van der Waals surface area contributed by atoms with Crippen LogP contribution in [0.5, 0.6) is 0 Å². The van der Waals surface area contributed by atoms with Crippen LogP contribution in [0, 0.1) is 6.92 Å². The summed E-state index contributed by atoms with van der Waals surface area (Å²) < 4.78 is 5.01. The molecule has 0 saturated carbocycles. The lowest BCUT2D eigenvalue weighted by atomic mass is 9.97. The Morgan fingerprint density at radius 2 is 2.38 bits per heavy atom. The molecule has 2 aliphatic heterocycles. The summed E-state index contributed by atoms with van der Waals surface area (Å²) in [6, 6.07) is 0. The lowest BCUT2D eigenvalue weighted by Crippen LogP contribution is -2.45. The van der Waals surface area contributed by atoms with E-state index in [1.807, 2.05) is 4.90 Å². The fraction of sp³-hybridized carbons (Fsp3) is 0.692. The van der Waals surface area contributed by atoms with Crippen molar-refractivity contribution < 1.29 is 14.1 Å². The van der Waals surface area contributed by atoms with Gasteiger partial charge in [-0.15, -0.1) is 11.8 Å². The van der Waals surface area contributed by atoms with Crippen molar-refractivity contribution in [2.45, 2.75) is 25.7 Å². The number of rotatable bonds is 3. The van der Waals surface area contributed by atoms with Crippen LogP contribution in [0.15, 0.2) is 4.52 Å². The van der Waals surface area contributed by atoms with E-state index in [1.54, 1.807) is 23.6 Å². The Bertz CT molecular complexity index is 547. The summed E-state index contributed by atoms with van der Waals surface area (Å²) in [5.74, 6) is 2.52. The van der Waals surface area contributed by atoms with Gasteiger partial charge in [0.15, 0.2) is 5.82 Å². The van der Waals surface area contributed by atoms with Crippen LogP contribution in [-0.2, 0) is 9.59 Å². The van der Waals surface area contributed by atoms with Gasteiger partial charge < -0.3 is 14.3 Å². The molecule has 1 aromatic rings. The van der Waals surface area contributed by atoms with Crippen molar-refractivity contribution in [3.8, 4) is 0 Å². The van der Waals surface area contributed by atoms with E-state index in [0.29, 0.717) is 29.9 Å². The lowest BCUT2D eigenvalue weighted by Gasteiger charge is -2.32. The van der Waals surface area contributed by atoms with E-state index in [2.05, 4.69) is 10.1 Å². The molecule has 1 atom stereocenters. The van der Waals surface area contributed by atoms with E-state index < -0.39 is 0 Å². The van der Waals surface area contributed by atoms with Crippen LogP contribution in [0.3, 0.4) is 0 Å². The van der Waals surface area contributed by atoms with Gasteiger partial charge in [0.2, 0.25) is 17.7 Å². The molecule has 1 aromatic heterocycles. The zero-order chi connectivity index (χ0) is 14.8. The van der Waals surface area contributed by atoms with Gasteiger partial charge in [-0.05, 0) is 12.8 Å². The molecule has 21 heavy (non-hydrogen) atoms. The zero-order valence-electron chi connectivity index (χ0n) is 11.9. The van der Waals surface area contributed by atoms with Gasteiger partial charge in [0.1, 0.15) is 6.54 Å². The first kappa shape index (κ1) is 14.4. The topological polar surface area (TPSA) is 79.5 Å². The molecule has 0 N–H and O–H groups in total. The highest BCUT2D eigenvalue weighted by Crippen LogP contribution is 2.25. The van der Waals surface area contributed by atoms with Gasteiger partial charge in [0.05, 0.1) is 11.6 Å². The Balaban J connectivity index is 1.60. The molecule has 3 rings (SSSR count). The lowest BCUT2D eigenvalue weighted by molar-refractivity contribution is -0.138. The molecule has 0 aliphatic carbocycles. The number of amides is 2. The Kier molecular flexibility index (Phi) is 4.14. The van der Waals surface area contributed by atoms with Crippen molar-refractivity contribution in [3.63, 3.8) is 0 Å². The molecule has 2 aliphatic rings. The second-order valence-corrected chi connectivity index (χ2v) is 6.37. The maximum Gasteiger partial charge on any atom is 0.242 e. The molecule has 8 heteroatoms. The Morgan fingerprint density at radius 3 is 3.05 bits per heavy atom. The summed E-state index contributed by atoms with van der Waals surface area (Å²) in [5, 5.41) is 3.96. The average Bonchev–Trinajstić information content (AvgIpc) is 3.08. The predicted octanol–water partition coefficient (Wildman–Crippen LogP) is 0.617. The van der Waals surface area contributed by atoms with Gasteiger partial charge in [-0.25, -0.2) is 0 Å². The van der Waals surface area contributed by atoms with Gasteiger partial charge in [0.25, 0.3) is 0 Å². The molecule has 0 unspecified atom stereocenters. The number of carbonyl (C=O) groups excluding carboxylic acids is 2. The normalized spacial score (nSPS) is 22.9. The number of carbonyl (C=O) groups is 2. The first-order valence-electron chi connectivity index (χ1n) is 7.07. The SMILES string of the molecule is Cc1nc([C@H]2CCCN(C(=O)CN3CSCC3=O)C2)no1. The number of aromatic nitrogens is 2. The molecular weight excluding hydrogens is 292 g/mol. The molecule has 114 valence electrons. The molecule has 0 spiro atoms. The first-order valence-corrected chi connectivity index (χ1v) is 8.22. The fourth-order valence-corrected chi connectivity index (χ4v) is 3.60. The number of nitrogens with zero attached hydrogens (tertiary/aromatic N) is 4. The minimum Gasteiger partial charge on any atom is -0.340 e. The van der Waals surface area contributed by atoms with E-state index in [0.717, 1.165) is 19.4 Å². The number of piperidine rings is 1. The number of hydrogen-bond donors (Lipinski definition) is 0. The molecule has 2 amide bonds. The third kappa shape index (κ3) is 3.20. The number of thioether (sulfide) groups is 1. The minimum atomic E-state index is 0.00997. The number of likely N-dealkylation sites (tertiary alicyclic amines) is 1. The van der Waals surface area contributed by atoms with Crippen LogP contribution in [-0.4, -0.2) is 63.0 Å². The van der Waals surface area contributed by atoms with Gasteiger partial charge in [0, 0.05) is 25.9 Å². The molecule has 3 heterocycles. The van der Waals surface area contributed by atoms with Crippen LogP contribution >= 0.6 is 11.8 Å². The van der Waals surface area contributed by atoms with E-state index in [1.165, 1.54) is 0 Å². The highest BCUT2D eigenvalue weighted by Gasteiger charge is 2.30. The van der Waals surface area contributed by atoms with Crippen molar-refractivity contribution in [1.29, 1.82) is 0 Å². The molecule has 2 fully saturated rings. The quantitative estimate of drug-likeness (QED) is 0.814.